The van der Waals surface area contributed by atoms with Gasteiger partial charge < -0.3 is 9.47 Å². The maximum atomic E-state index is 13.2. The summed E-state index contributed by atoms with van der Waals surface area (Å²) in [6, 6.07) is 2.34. The van der Waals surface area contributed by atoms with Crippen molar-refractivity contribution in [2.24, 2.45) is 0 Å². The van der Waals surface area contributed by atoms with Crippen molar-refractivity contribution in [3.05, 3.63) is 33.5 Å². The second-order valence-electron chi connectivity index (χ2n) is 4.20. The van der Waals surface area contributed by atoms with E-state index in [0.29, 0.717) is 10.0 Å². The molecule has 1 heterocycles. The summed E-state index contributed by atoms with van der Waals surface area (Å²) >= 11 is 3.18. The van der Waals surface area contributed by atoms with Crippen LogP contribution < -0.4 is 0 Å². The highest BCUT2D eigenvalue weighted by atomic mass is 79.9. The quantitative estimate of drug-likeness (QED) is 0.746. The summed E-state index contributed by atoms with van der Waals surface area (Å²) in [5.74, 6) is -1.92. The molecule has 2 rings (SSSR count). The Morgan fingerprint density at radius 1 is 1.56 bits per heavy atom. The first-order chi connectivity index (χ1) is 8.37. The topological polar surface area (TPSA) is 52.6 Å². The number of carbonyl (C=O) groups excluding carboxylic acids is 2. The Kier molecular flexibility index (Phi) is 3.14. The van der Waals surface area contributed by atoms with Crippen LogP contribution >= 0.6 is 15.9 Å². The second-order valence-corrected chi connectivity index (χ2v) is 5.06. The lowest BCUT2D eigenvalue weighted by Crippen LogP contribution is -2.46. The number of halogens is 2. The molecule has 96 valence electrons. The minimum Gasteiger partial charge on any atom is -0.466 e. The predicted molar refractivity (Wildman–Crippen MR) is 63.6 cm³/mol. The van der Waals surface area contributed by atoms with Crippen LogP contribution in [0.3, 0.4) is 0 Å². The fourth-order valence-corrected chi connectivity index (χ4v) is 2.50. The molecule has 1 atom stereocenters. The number of cyclic esters (lactones) is 1. The molecule has 0 fully saturated rings. The van der Waals surface area contributed by atoms with Crippen LogP contribution in [0.1, 0.15) is 22.8 Å². The minimum absolute atomic E-state index is 0.128. The first-order valence-corrected chi connectivity index (χ1v) is 5.96. The average Bonchev–Trinajstić information content (AvgIpc) is 2.30. The standard InChI is InChI=1S/C12H10BrFO4/c1-12(11(16)17-2)5-8-7(10(15)18-12)3-6(14)4-9(8)13/h3-4H,5H2,1-2H3. The third-order valence-corrected chi connectivity index (χ3v) is 3.54. The van der Waals surface area contributed by atoms with E-state index in [-0.39, 0.29) is 12.0 Å². The van der Waals surface area contributed by atoms with E-state index in [1.54, 1.807) is 0 Å². The van der Waals surface area contributed by atoms with Gasteiger partial charge in [-0.1, -0.05) is 15.9 Å². The molecule has 0 radical (unpaired) electrons. The Balaban J connectivity index is 2.52. The van der Waals surface area contributed by atoms with Gasteiger partial charge in [-0.3, -0.25) is 0 Å². The van der Waals surface area contributed by atoms with E-state index in [1.807, 2.05) is 0 Å². The first-order valence-electron chi connectivity index (χ1n) is 5.17. The van der Waals surface area contributed by atoms with E-state index in [1.165, 1.54) is 20.1 Å². The molecule has 4 nitrogen and oxygen atoms in total. The van der Waals surface area contributed by atoms with Crippen LogP contribution in [0.5, 0.6) is 0 Å². The SMILES string of the molecule is COC(=O)C1(C)Cc2c(Br)cc(F)cc2C(=O)O1. The van der Waals surface area contributed by atoms with Gasteiger partial charge in [0, 0.05) is 10.9 Å². The summed E-state index contributed by atoms with van der Waals surface area (Å²) in [5, 5.41) is 0. The molecular weight excluding hydrogens is 307 g/mol. The smallest absolute Gasteiger partial charge is 0.350 e. The van der Waals surface area contributed by atoms with Crippen molar-refractivity contribution in [2.75, 3.05) is 7.11 Å². The van der Waals surface area contributed by atoms with Crippen LogP contribution in [0.2, 0.25) is 0 Å². The number of hydrogen-bond donors (Lipinski definition) is 0. The monoisotopic (exact) mass is 316 g/mol. The summed E-state index contributed by atoms with van der Waals surface area (Å²) in [5.41, 5.74) is -0.706. The van der Waals surface area contributed by atoms with Crippen molar-refractivity contribution in [2.45, 2.75) is 18.9 Å². The van der Waals surface area contributed by atoms with Crippen molar-refractivity contribution in [3.8, 4) is 0 Å². The van der Waals surface area contributed by atoms with Gasteiger partial charge in [-0.15, -0.1) is 0 Å². The van der Waals surface area contributed by atoms with E-state index < -0.39 is 23.4 Å². The summed E-state index contributed by atoms with van der Waals surface area (Å²) in [4.78, 5) is 23.4. The molecule has 1 aromatic carbocycles. The lowest BCUT2D eigenvalue weighted by molar-refractivity contribution is -0.161. The molecule has 0 aliphatic carbocycles. The number of ether oxygens (including phenoxy) is 2. The zero-order valence-electron chi connectivity index (χ0n) is 9.75. The Hall–Kier alpha value is -1.43. The minimum atomic E-state index is -1.38. The Bertz CT molecular complexity index is 543. The fraction of sp³-hybridized carbons (Fsp3) is 0.333. The van der Waals surface area contributed by atoms with E-state index in [0.717, 1.165) is 6.07 Å². The van der Waals surface area contributed by atoms with Gasteiger partial charge in [-0.05, 0) is 24.6 Å². The van der Waals surface area contributed by atoms with Crippen LogP contribution in [-0.2, 0) is 20.7 Å². The van der Waals surface area contributed by atoms with E-state index >= 15 is 0 Å². The van der Waals surface area contributed by atoms with Crippen molar-refractivity contribution in [1.82, 2.24) is 0 Å². The summed E-state index contributed by atoms with van der Waals surface area (Å²) < 4.78 is 23.3. The molecule has 1 aromatic rings. The summed E-state index contributed by atoms with van der Waals surface area (Å²) in [6.07, 6.45) is 0.140. The highest BCUT2D eigenvalue weighted by molar-refractivity contribution is 9.10. The molecule has 1 unspecified atom stereocenters. The molecule has 1 aliphatic heterocycles. The lowest BCUT2D eigenvalue weighted by Gasteiger charge is -2.32. The third kappa shape index (κ3) is 2.01. The largest absolute Gasteiger partial charge is 0.466 e. The van der Waals surface area contributed by atoms with Gasteiger partial charge in [-0.2, -0.15) is 0 Å². The predicted octanol–water partition coefficient (Wildman–Crippen LogP) is 2.23. The van der Waals surface area contributed by atoms with Crippen LogP contribution in [0.4, 0.5) is 4.39 Å². The van der Waals surface area contributed by atoms with E-state index in [9.17, 15) is 14.0 Å². The average molecular weight is 317 g/mol. The number of rotatable bonds is 1. The number of fused-ring (bicyclic) bond motifs is 1. The van der Waals surface area contributed by atoms with Gasteiger partial charge >= 0.3 is 11.9 Å². The van der Waals surface area contributed by atoms with Gasteiger partial charge in [-0.25, -0.2) is 14.0 Å². The number of esters is 2. The molecule has 1 aliphatic rings. The normalized spacial score (nSPS) is 22.1. The Labute approximate surface area is 111 Å². The highest BCUT2D eigenvalue weighted by Gasteiger charge is 2.44. The second kappa shape index (κ2) is 4.35. The van der Waals surface area contributed by atoms with Gasteiger partial charge in [0.2, 0.25) is 5.60 Å². The number of carbonyl (C=O) groups is 2. The summed E-state index contributed by atoms with van der Waals surface area (Å²) in [6.45, 7) is 1.47. The maximum Gasteiger partial charge on any atom is 0.350 e. The van der Waals surface area contributed by atoms with Crippen molar-refractivity contribution >= 4 is 27.9 Å². The molecule has 0 N–H and O–H groups in total. The Morgan fingerprint density at radius 2 is 2.22 bits per heavy atom. The maximum absolute atomic E-state index is 13.2. The summed E-state index contributed by atoms with van der Waals surface area (Å²) in [7, 11) is 1.22. The number of methoxy groups -OCH3 is 1. The first kappa shape index (κ1) is 13.0. The van der Waals surface area contributed by atoms with Crippen molar-refractivity contribution in [3.63, 3.8) is 0 Å². The van der Waals surface area contributed by atoms with E-state index in [4.69, 9.17) is 4.74 Å². The number of hydrogen-bond acceptors (Lipinski definition) is 4. The molecule has 0 amide bonds. The van der Waals surface area contributed by atoms with Gasteiger partial charge in [0.05, 0.1) is 12.7 Å². The molecule has 18 heavy (non-hydrogen) atoms. The molecule has 0 spiro atoms. The highest BCUT2D eigenvalue weighted by Crippen LogP contribution is 2.34. The fourth-order valence-electron chi connectivity index (χ4n) is 1.93. The molecule has 0 bridgehead atoms. The van der Waals surface area contributed by atoms with Gasteiger partial charge in [0.15, 0.2) is 0 Å². The van der Waals surface area contributed by atoms with E-state index in [2.05, 4.69) is 20.7 Å². The number of benzene rings is 1. The van der Waals surface area contributed by atoms with Crippen molar-refractivity contribution in [1.29, 1.82) is 0 Å². The van der Waals surface area contributed by atoms with Gasteiger partial charge in [0.25, 0.3) is 0 Å². The van der Waals surface area contributed by atoms with Crippen molar-refractivity contribution < 1.29 is 23.5 Å². The zero-order valence-corrected chi connectivity index (χ0v) is 11.3. The van der Waals surface area contributed by atoms with Crippen LogP contribution in [0.25, 0.3) is 0 Å². The molecule has 0 aromatic heterocycles. The van der Waals surface area contributed by atoms with Crippen LogP contribution in [0.15, 0.2) is 16.6 Å². The molecule has 0 saturated heterocycles. The molecule has 6 heteroatoms. The Morgan fingerprint density at radius 3 is 2.83 bits per heavy atom. The molecular formula is C12H10BrFO4. The molecule has 0 saturated carbocycles. The van der Waals surface area contributed by atoms with Crippen LogP contribution in [-0.4, -0.2) is 24.6 Å². The zero-order chi connectivity index (χ0) is 13.5. The van der Waals surface area contributed by atoms with Gasteiger partial charge in [0.1, 0.15) is 5.82 Å². The van der Waals surface area contributed by atoms with Crippen LogP contribution in [0, 0.1) is 5.82 Å². The third-order valence-electron chi connectivity index (χ3n) is 2.83. The lowest BCUT2D eigenvalue weighted by atomic mass is 9.90.